The van der Waals surface area contributed by atoms with Crippen LogP contribution >= 0.6 is 0 Å². The van der Waals surface area contributed by atoms with Gasteiger partial charge in [0.25, 0.3) is 0 Å². The minimum atomic E-state index is -0.343. The number of aromatic nitrogens is 2. The number of anilines is 1. The molecule has 4 heteroatoms. The van der Waals surface area contributed by atoms with Gasteiger partial charge < -0.3 is 5.32 Å². The Kier molecular flexibility index (Phi) is 2.89. The molecule has 0 radical (unpaired) electrons. The van der Waals surface area contributed by atoms with Crippen molar-refractivity contribution in [3.8, 4) is 0 Å². The summed E-state index contributed by atoms with van der Waals surface area (Å²) in [6, 6.07) is 10.1. The number of carbonyl (C=O) groups is 1. The van der Waals surface area contributed by atoms with Crippen molar-refractivity contribution >= 4 is 11.7 Å². The molecule has 0 aliphatic heterocycles. The predicted octanol–water partition coefficient (Wildman–Crippen LogP) is 2.71. The van der Waals surface area contributed by atoms with Crippen LogP contribution in [-0.2, 0) is 17.3 Å². The molecule has 2 aromatic rings. The second kappa shape index (κ2) is 4.47. The summed E-state index contributed by atoms with van der Waals surface area (Å²) < 4.78 is 1.71. The Hall–Kier alpha value is -2.10. The highest BCUT2D eigenvalue weighted by Crippen LogP contribution is 2.49. The van der Waals surface area contributed by atoms with E-state index in [4.69, 9.17) is 0 Å². The molecule has 0 saturated heterocycles. The number of nitrogens with zero attached hydrogens (tertiary/aromatic N) is 2. The van der Waals surface area contributed by atoms with E-state index in [1.54, 1.807) is 4.68 Å². The molecule has 1 amide bonds. The number of nitrogens with one attached hydrogen (secondary N) is 1. The smallest absolute Gasteiger partial charge is 0.236 e. The lowest BCUT2D eigenvalue weighted by molar-refractivity contribution is -0.118. The van der Waals surface area contributed by atoms with Crippen LogP contribution in [-0.4, -0.2) is 15.7 Å². The lowest BCUT2D eigenvalue weighted by Gasteiger charge is -2.16. The van der Waals surface area contributed by atoms with Crippen molar-refractivity contribution in [2.75, 3.05) is 5.32 Å². The first-order valence-corrected chi connectivity index (χ1v) is 6.90. The van der Waals surface area contributed by atoms with Crippen LogP contribution in [0.3, 0.4) is 0 Å². The van der Waals surface area contributed by atoms with Crippen LogP contribution in [0.15, 0.2) is 30.3 Å². The van der Waals surface area contributed by atoms with Gasteiger partial charge in [0.2, 0.25) is 5.91 Å². The summed E-state index contributed by atoms with van der Waals surface area (Å²) in [6.07, 6.45) is 1.83. The molecule has 1 aliphatic carbocycles. The van der Waals surface area contributed by atoms with Gasteiger partial charge in [-0.25, -0.2) is 0 Å². The van der Waals surface area contributed by atoms with Gasteiger partial charge in [-0.05, 0) is 32.3 Å². The number of rotatable bonds is 3. The monoisotopic (exact) mass is 269 g/mol. The quantitative estimate of drug-likeness (QED) is 0.931. The minimum absolute atomic E-state index is 0.0751. The molecule has 1 N–H and O–H groups in total. The van der Waals surface area contributed by atoms with Gasteiger partial charge in [0.1, 0.15) is 5.82 Å². The zero-order valence-corrected chi connectivity index (χ0v) is 12.1. The van der Waals surface area contributed by atoms with E-state index in [-0.39, 0.29) is 11.3 Å². The van der Waals surface area contributed by atoms with E-state index < -0.39 is 0 Å². The Bertz CT molecular complexity index is 668. The maximum Gasteiger partial charge on any atom is 0.236 e. The number of hydrogen-bond acceptors (Lipinski definition) is 2. The number of hydrogen-bond donors (Lipinski definition) is 1. The van der Waals surface area contributed by atoms with Crippen molar-refractivity contribution in [3.05, 3.63) is 47.2 Å². The van der Waals surface area contributed by atoms with Gasteiger partial charge in [-0.1, -0.05) is 29.8 Å². The molecule has 0 bridgehead atoms. The normalized spacial score (nSPS) is 15.9. The largest absolute Gasteiger partial charge is 0.310 e. The number of amides is 1. The molecule has 1 heterocycles. The minimum Gasteiger partial charge on any atom is -0.310 e. The molecule has 3 rings (SSSR count). The molecule has 4 nitrogen and oxygen atoms in total. The first-order chi connectivity index (χ1) is 9.51. The van der Waals surface area contributed by atoms with E-state index >= 15 is 0 Å². The Morgan fingerprint density at radius 3 is 2.60 bits per heavy atom. The van der Waals surface area contributed by atoms with Crippen LogP contribution < -0.4 is 5.32 Å². The third-order valence-corrected chi connectivity index (χ3v) is 4.00. The van der Waals surface area contributed by atoms with E-state index in [1.165, 1.54) is 5.56 Å². The molecule has 104 valence electrons. The van der Waals surface area contributed by atoms with Crippen molar-refractivity contribution in [3.63, 3.8) is 0 Å². The second-order valence-electron chi connectivity index (χ2n) is 5.70. The molecule has 1 saturated carbocycles. The fraction of sp³-hybridized carbons (Fsp3) is 0.375. The summed E-state index contributed by atoms with van der Waals surface area (Å²) in [5.41, 5.74) is 2.87. The molecule has 0 unspecified atom stereocenters. The standard InChI is InChI=1S/C16H19N3O/c1-11-5-4-6-13(9-11)16(7-8-16)15(20)17-14-10-12(2)18-19(14)3/h4-6,9-10H,7-8H2,1-3H3,(H,17,20). The maximum absolute atomic E-state index is 12.6. The summed E-state index contributed by atoms with van der Waals surface area (Å²) in [5, 5.41) is 7.27. The van der Waals surface area contributed by atoms with E-state index in [1.807, 2.05) is 32.2 Å². The first kappa shape index (κ1) is 12.9. The lowest BCUT2D eigenvalue weighted by atomic mass is 9.93. The number of aryl methyl sites for hydroxylation is 3. The van der Waals surface area contributed by atoms with E-state index in [0.29, 0.717) is 0 Å². The Morgan fingerprint density at radius 1 is 1.30 bits per heavy atom. The zero-order chi connectivity index (χ0) is 14.3. The van der Waals surface area contributed by atoms with Crippen LogP contribution in [0.2, 0.25) is 0 Å². The van der Waals surface area contributed by atoms with Gasteiger partial charge in [0, 0.05) is 13.1 Å². The highest BCUT2D eigenvalue weighted by molar-refractivity contribution is 6.01. The average molecular weight is 269 g/mol. The van der Waals surface area contributed by atoms with Crippen molar-refractivity contribution < 1.29 is 4.79 Å². The summed E-state index contributed by atoms with van der Waals surface area (Å²) in [6.45, 7) is 3.98. The van der Waals surface area contributed by atoms with Crippen molar-refractivity contribution in [1.82, 2.24) is 9.78 Å². The fourth-order valence-electron chi connectivity index (χ4n) is 2.68. The number of carbonyl (C=O) groups excluding carboxylic acids is 1. The maximum atomic E-state index is 12.6. The molecule has 1 fully saturated rings. The molecular formula is C16H19N3O. The third kappa shape index (κ3) is 2.11. The molecular weight excluding hydrogens is 250 g/mol. The van der Waals surface area contributed by atoms with E-state index in [2.05, 4.69) is 29.5 Å². The van der Waals surface area contributed by atoms with Gasteiger partial charge in [-0.3, -0.25) is 9.48 Å². The van der Waals surface area contributed by atoms with Crippen molar-refractivity contribution in [1.29, 1.82) is 0 Å². The van der Waals surface area contributed by atoms with Gasteiger partial charge in [-0.15, -0.1) is 0 Å². The van der Waals surface area contributed by atoms with Crippen LogP contribution in [0.25, 0.3) is 0 Å². The number of benzene rings is 1. The predicted molar refractivity (Wildman–Crippen MR) is 78.7 cm³/mol. The van der Waals surface area contributed by atoms with Crippen LogP contribution in [0, 0.1) is 13.8 Å². The zero-order valence-electron chi connectivity index (χ0n) is 12.1. The van der Waals surface area contributed by atoms with Crippen LogP contribution in [0.1, 0.15) is 29.7 Å². The van der Waals surface area contributed by atoms with Crippen molar-refractivity contribution in [2.45, 2.75) is 32.1 Å². The molecule has 0 spiro atoms. The molecule has 20 heavy (non-hydrogen) atoms. The lowest BCUT2D eigenvalue weighted by Crippen LogP contribution is -2.28. The molecule has 1 aromatic heterocycles. The third-order valence-electron chi connectivity index (χ3n) is 4.00. The van der Waals surface area contributed by atoms with Crippen LogP contribution in [0.4, 0.5) is 5.82 Å². The summed E-state index contributed by atoms with van der Waals surface area (Å²) in [4.78, 5) is 12.6. The summed E-state index contributed by atoms with van der Waals surface area (Å²) in [5.74, 6) is 0.831. The molecule has 1 aromatic carbocycles. The van der Waals surface area contributed by atoms with E-state index in [0.717, 1.165) is 29.9 Å². The Labute approximate surface area is 118 Å². The van der Waals surface area contributed by atoms with Crippen LogP contribution in [0.5, 0.6) is 0 Å². The van der Waals surface area contributed by atoms with Gasteiger partial charge >= 0.3 is 0 Å². The van der Waals surface area contributed by atoms with Gasteiger partial charge in [-0.2, -0.15) is 5.10 Å². The highest BCUT2D eigenvalue weighted by atomic mass is 16.2. The fourth-order valence-corrected chi connectivity index (χ4v) is 2.68. The SMILES string of the molecule is Cc1cccc(C2(C(=O)Nc3cc(C)nn3C)CC2)c1. The highest BCUT2D eigenvalue weighted by Gasteiger charge is 2.51. The topological polar surface area (TPSA) is 46.9 Å². The van der Waals surface area contributed by atoms with E-state index in [9.17, 15) is 4.79 Å². The Balaban J connectivity index is 1.85. The van der Waals surface area contributed by atoms with Gasteiger partial charge in [0.15, 0.2) is 0 Å². The summed E-state index contributed by atoms with van der Waals surface area (Å²) >= 11 is 0. The van der Waals surface area contributed by atoms with Crippen molar-refractivity contribution in [2.24, 2.45) is 7.05 Å². The van der Waals surface area contributed by atoms with Gasteiger partial charge in [0.05, 0.1) is 11.1 Å². The Morgan fingerprint density at radius 2 is 2.05 bits per heavy atom. The summed E-state index contributed by atoms with van der Waals surface area (Å²) in [7, 11) is 1.84. The molecule has 1 aliphatic rings. The molecule has 0 atom stereocenters. The second-order valence-corrected chi connectivity index (χ2v) is 5.70. The average Bonchev–Trinajstić information content (AvgIpc) is 3.13. The first-order valence-electron chi connectivity index (χ1n) is 6.90.